The van der Waals surface area contributed by atoms with E-state index in [0.29, 0.717) is 12.6 Å². The molecule has 0 aromatic heterocycles. The van der Waals surface area contributed by atoms with Gasteiger partial charge in [0.25, 0.3) is 5.91 Å². The first-order valence-corrected chi connectivity index (χ1v) is 10.6. The standard InChI is InChI=1S/C22H32N4O2/c1-17-6-8-22(9-7-17)20(27)26(21(28)23-22)16-25-12-10-24(11-13-25)15-19-5-3-4-18(2)14-19/h3-5,14,17H,6-13,15-16H2,1-2H3,(H,23,28). The minimum absolute atomic E-state index is 0.00779. The van der Waals surface area contributed by atoms with E-state index in [4.69, 9.17) is 0 Å². The number of piperazine rings is 1. The van der Waals surface area contributed by atoms with Gasteiger partial charge in [0.05, 0.1) is 6.67 Å². The Bertz CT molecular complexity index is 734. The van der Waals surface area contributed by atoms with Crippen LogP contribution in [-0.2, 0) is 11.3 Å². The largest absolute Gasteiger partial charge is 0.326 e. The van der Waals surface area contributed by atoms with Crippen molar-refractivity contribution < 1.29 is 9.59 Å². The number of aryl methyl sites for hydroxylation is 1. The summed E-state index contributed by atoms with van der Waals surface area (Å²) < 4.78 is 0. The lowest BCUT2D eigenvalue weighted by Gasteiger charge is -2.37. The average molecular weight is 385 g/mol. The molecule has 1 saturated carbocycles. The van der Waals surface area contributed by atoms with Crippen molar-refractivity contribution in [1.82, 2.24) is 20.0 Å². The summed E-state index contributed by atoms with van der Waals surface area (Å²) in [6.45, 7) is 9.40. The van der Waals surface area contributed by atoms with Crippen molar-refractivity contribution in [3.05, 3.63) is 35.4 Å². The van der Waals surface area contributed by atoms with Crippen molar-refractivity contribution in [1.29, 1.82) is 0 Å². The van der Waals surface area contributed by atoms with E-state index in [1.807, 2.05) is 0 Å². The highest BCUT2D eigenvalue weighted by molar-refractivity contribution is 6.07. The van der Waals surface area contributed by atoms with Gasteiger partial charge in [-0.2, -0.15) is 0 Å². The first kappa shape index (κ1) is 19.4. The molecule has 2 heterocycles. The molecule has 3 amide bonds. The third-order valence-electron chi connectivity index (χ3n) is 6.67. The van der Waals surface area contributed by atoms with Crippen LogP contribution in [0.1, 0.15) is 43.7 Å². The molecular weight excluding hydrogens is 352 g/mol. The van der Waals surface area contributed by atoms with Crippen LogP contribution in [0.25, 0.3) is 0 Å². The Labute approximate surface area is 167 Å². The first-order chi connectivity index (χ1) is 13.4. The SMILES string of the molecule is Cc1cccc(CN2CCN(CN3C(=O)NC4(CCC(C)CC4)C3=O)CC2)c1. The molecule has 2 saturated heterocycles. The van der Waals surface area contributed by atoms with E-state index in [-0.39, 0.29) is 11.9 Å². The number of carbonyl (C=O) groups is 2. The summed E-state index contributed by atoms with van der Waals surface area (Å²) in [4.78, 5) is 31.7. The predicted molar refractivity (Wildman–Crippen MR) is 109 cm³/mol. The van der Waals surface area contributed by atoms with Gasteiger partial charge in [-0.1, -0.05) is 36.8 Å². The average Bonchev–Trinajstić information content (AvgIpc) is 2.90. The lowest BCUT2D eigenvalue weighted by Crippen LogP contribution is -2.52. The molecule has 0 unspecified atom stereocenters. The van der Waals surface area contributed by atoms with E-state index in [2.05, 4.69) is 53.2 Å². The Hall–Kier alpha value is -1.92. The monoisotopic (exact) mass is 384 g/mol. The van der Waals surface area contributed by atoms with E-state index >= 15 is 0 Å². The maximum Gasteiger partial charge on any atom is 0.326 e. The van der Waals surface area contributed by atoms with Gasteiger partial charge in [0.2, 0.25) is 0 Å². The van der Waals surface area contributed by atoms with Crippen LogP contribution in [0, 0.1) is 12.8 Å². The normalized spacial score (nSPS) is 29.5. The lowest BCUT2D eigenvalue weighted by atomic mass is 9.77. The lowest BCUT2D eigenvalue weighted by molar-refractivity contribution is -0.134. The molecular formula is C22H32N4O2. The van der Waals surface area contributed by atoms with Crippen molar-refractivity contribution in [2.45, 2.75) is 51.6 Å². The number of nitrogens with zero attached hydrogens (tertiary/aromatic N) is 3. The van der Waals surface area contributed by atoms with Gasteiger partial charge in [0.15, 0.2) is 0 Å². The fraction of sp³-hybridized carbons (Fsp3) is 0.636. The summed E-state index contributed by atoms with van der Waals surface area (Å²) in [7, 11) is 0. The maximum atomic E-state index is 13.0. The molecule has 1 aromatic carbocycles. The number of nitrogens with one attached hydrogen (secondary N) is 1. The van der Waals surface area contributed by atoms with Crippen LogP contribution in [0.3, 0.4) is 0 Å². The summed E-state index contributed by atoms with van der Waals surface area (Å²) >= 11 is 0. The Morgan fingerprint density at radius 1 is 1.07 bits per heavy atom. The molecule has 1 aliphatic carbocycles. The minimum Gasteiger partial charge on any atom is -0.323 e. The molecule has 0 atom stereocenters. The molecule has 6 nitrogen and oxygen atoms in total. The van der Waals surface area contributed by atoms with E-state index in [1.54, 1.807) is 0 Å². The van der Waals surface area contributed by atoms with Gasteiger partial charge in [-0.05, 0) is 44.1 Å². The summed E-state index contributed by atoms with van der Waals surface area (Å²) in [6, 6.07) is 8.45. The molecule has 0 radical (unpaired) electrons. The third-order valence-corrected chi connectivity index (χ3v) is 6.67. The second-order valence-electron chi connectivity index (χ2n) is 8.95. The smallest absolute Gasteiger partial charge is 0.323 e. The summed E-state index contributed by atoms with van der Waals surface area (Å²) in [5, 5.41) is 3.03. The van der Waals surface area contributed by atoms with Crippen LogP contribution in [0.2, 0.25) is 0 Å². The Kier molecular flexibility index (Phi) is 5.43. The van der Waals surface area contributed by atoms with Crippen LogP contribution in [-0.4, -0.2) is 65.0 Å². The number of carbonyl (C=O) groups excluding carboxylic acids is 2. The van der Waals surface area contributed by atoms with E-state index in [0.717, 1.165) is 58.4 Å². The zero-order chi connectivity index (χ0) is 19.7. The Balaban J connectivity index is 1.30. The molecule has 1 spiro atoms. The van der Waals surface area contributed by atoms with E-state index in [9.17, 15) is 9.59 Å². The number of hydrogen-bond acceptors (Lipinski definition) is 4. The van der Waals surface area contributed by atoms with Gasteiger partial charge < -0.3 is 5.32 Å². The molecule has 152 valence electrons. The Morgan fingerprint density at radius 2 is 1.75 bits per heavy atom. The molecule has 6 heteroatoms. The molecule has 3 aliphatic rings. The number of hydrogen-bond donors (Lipinski definition) is 1. The van der Waals surface area contributed by atoms with Crippen molar-refractivity contribution >= 4 is 11.9 Å². The molecule has 28 heavy (non-hydrogen) atoms. The fourth-order valence-corrected chi connectivity index (χ4v) is 4.76. The zero-order valence-electron chi connectivity index (χ0n) is 17.1. The summed E-state index contributed by atoms with van der Waals surface area (Å²) in [5.41, 5.74) is 2.01. The molecule has 3 fully saturated rings. The van der Waals surface area contributed by atoms with Gasteiger partial charge in [-0.3, -0.25) is 14.6 Å². The topological polar surface area (TPSA) is 55.9 Å². The maximum absolute atomic E-state index is 13.0. The number of benzene rings is 1. The van der Waals surface area contributed by atoms with Gasteiger partial charge in [-0.25, -0.2) is 9.69 Å². The van der Waals surface area contributed by atoms with Crippen LogP contribution in [0.4, 0.5) is 4.79 Å². The molecule has 0 bridgehead atoms. The van der Waals surface area contributed by atoms with Gasteiger partial charge in [0, 0.05) is 32.7 Å². The van der Waals surface area contributed by atoms with Crippen molar-refractivity contribution in [3.63, 3.8) is 0 Å². The predicted octanol–water partition coefficient (Wildman–Crippen LogP) is 2.57. The third kappa shape index (κ3) is 3.94. The van der Waals surface area contributed by atoms with Crippen LogP contribution in [0.5, 0.6) is 0 Å². The second-order valence-corrected chi connectivity index (χ2v) is 8.95. The van der Waals surface area contributed by atoms with Crippen LogP contribution in [0.15, 0.2) is 24.3 Å². The molecule has 2 aliphatic heterocycles. The molecule has 4 rings (SSSR count). The van der Waals surface area contributed by atoms with E-state index in [1.165, 1.54) is 16.0 Å². The van der Waals surface area contributed by atoms with Crippen molar-refractivity contribution in [3.8, 4) is 0 Å². The fourth-order valence-electron chi connectivity index (χ4n) is 4.76. The van der Waals surface area contributed by atoms with Crippen LogP contribution < -0.4 is 5.32 Å². The van der Waals surface area contributed by atoms with Gasteiger partial charge in [-0.15, -0.1) is 0 Å². The number of amides is 3. The van der Waals surface area contributed by atoms with Crippen LogP contribution >= 0.6 is 0 Å². The first-order valence-electron chi connectivity index (χ1n) is 10.6. The van der Waals surface area contributed by atoms with Gasteiger partial charge in [0.1, 0.15) is 5.54 Å². The summed E-state index contributed by atoms with van der Waals surface area (Å²) in [6.07, 6.45) is 3.58. The molecule has 1 N–H and O–H groups in total. The second kappa shape index (κ2) is 7.84. The van der Waals surface area contributed by atoms with Crippen molar-refractivity contribution in [2.24, 2.45) is 5.92 Å². The van der Waals surface area contributed by atoms with E-state index < -0.39 is 5.54 Å². The molecule has 1 aromatic rings. The zero-order valence-corrected chi connectivity index (χ0v) is 17.1. The highest BCUT2D eigenvalue weighted by Crippen LogP contribution is 2.36. The van der Waals surface area contributed by atoms with Gasteiger partial charge >= 0.3 is 6.03 Å². The Morgan fingerprint density at radius 3 is 2.43 bits per heavy atom. The number of urea groups is 1. The quantitative estimate of drug-likeness (QED) is 0.811. The highest BCUT2D eigenvalue weighted by atomic mass is 16.2. The highest BCUT2D eigenvalue weighted by Gasteiger charge is 2.52. The number of rotatable bonds is 4. The summed E-state index contributed by atoms with van der Waals surface area (Å²) in [5.74, 6) is 0.637. The van der Waals surface area contributed by atoms with Crippen molar-refractivity contribution in [2.75, 3.05) is 32.8 Å². The number of imide groups is 1. The minimum atomic E-state index is -0.628.